The van der Waals surface area contributed by atoms with E-state index in [0.717, 1.165) is 43.7 Å². The lowest BCUT2D eigenvalue weighted by atomic mass is 9.89. The van der Waals surface area contributed by atoms with Crippen LogP contribution < -0.4 is 10.6 Å². The zero-order valence-electron chi connectivity index (χ0n) is 11.2. The van der Waals surface area contributed by atoms with Gasteiger partial charge in [-0.25, -0.2) is 0 Å². The molecule has 0 unspecified atom stereocenters. The number of nitrogens with one attached hydrogen (secondary N) is 2. The lowest BCUT2D eigenvalue weighted by molar-refractivity contribution is -0.00862. The Morgan fingerprint density at radius 3 is 3.11 bits per heavy atom. The van der Waals surface area contributed by atoms with Gasteiger partial charge in [-0.2, -0.15) is 0 Å². The number of anilines is 1. The summed E-state index contributed by atoms with van der Waals surface area (Å²) in [6.45, 7) is 3.73. The van der Waals surface area contributed by atoms with Gasteiger partial charge in [0.2, 0.25) is 0 Å². The van der Waals surface area contributed by atoms with Gasteiger partial charge < -0.3 is 15.4 Å². The zero-order valence-corrected chi connectivity index (χ0v) is 11.2. The van der Waals surface area contributed by atoms with E-state index < -0.39 is 0 Å². The fourth-order valence-electron chi connectivity index (χ4n) is 2.77. The Hall–Kier alpha value is -1.55. The molecule has 0 atom stereocenters. The quantitative estimate of drug-likeness (QED) is 0.870. The van der Waals surface area contributed by atoms with Crippen LogP contribution in [-0.4, -0.2) is 31.2 Å². The molecular weight excluding hydrogens is 240 g/mol. The first kappa shape index (κ1) is 12.5. The Morgan fingerprint density at radius 1 is 1.47 bits per heavy atom. The number of rotatable bonds is 4. The number of benzene rings is 1. The van der Waals surface area contributed by atoms with Crippen LogP contribution in [0.1, 0.15) is 35.7 Å². The summed E-state index contributed by atoms with van der Waals surface area (Å²) in [6, 6.07) is 6.17. The molecule has 1 amide bonds. The van der Waals surface area contributed by atoms with Gasteiger partial charge in [0.25, 0.3) is 5.91 Å². The van der Waals surface area contributed by atoms with Crippen LogP contribution >= 0.6 is 0 Å². The van der Waals surface area contributed by atoms with Gasteiger partial charge in [-0.05, 0) is 49.9 Å². The third kappa shape index (κ3) is 2.59. The smallest absolute Gasteiger partial charge is 0.251 e. The third-order valence-corrected chi connectivity index (χ3v) is 3.91. The van der Waals surface area contributed by atoms with Crippen molar-refractivity contribution in [3.8, 4) is 0 Å². The van der Waals surface area contributed by atoms with Gasteiger partial charge in [-0.3, -0.25) is 4.79 Å². The minimum Gasteiger partial charge on any atom is -0.384 e. The van der Waals surface area contributed by atoms with E-state index in [0.29, 0.717) is 6.10 Å². The molecule has 1 aliphatic heterocycles. The molecule has 1 aliphatic carbocycles. The van der Waals surface area contributed by atoms with E-state index in [1.807, 2.05) is 25.1 Å². The first-order valence-corrected chi connectivity index (χ1v) is 7.05. The summed E-state index contributed by atoms with van der Waals surface area (Å²) in [4.78, 5) is 12.1. The summed E-state index contributed by atoms with van der Waals surface area (Å²) in [5.41, 5.74) is 3.17. The van der Waals surface area contributed by atoms with Gasteiger partial charge in [0.1, 0.15) is 0 Å². The fourth-order valence-corrected chi connectivity index (χ4v) is 2.77. The second-order valence-electron chi connectivity index (χ2n) is 5.27. The fraction of sp³-hybridized carbons (Fsp3) is 0.533. The molecule has 1 aromatic rings. The second kappa shape index (κ2) is 5.21. The number of amides is 1. The van der Waals surface area contributed by atoms with Gasteiger partial charge in [0, 0.05) is 30.4 Å². The highest BCUT2D eigenvalue weighted by Gasteiger charge is 2.30. The van der Waals surface area contributed by atoms with Crippen LogP contribution in [0.4, 0.5) is 5.69 Å². The van der Waals surface area contributed by atoms with Crippen molar-refractivity contribution in [2.45, 2.75) is 38.3 Å². The van der Waals surface area contributed by atoms with Gasteiger partial charge in [0.15, 0.2) is 0 Å². The molecule has 0 aromatic heterocycles. The summed E-state index contributed by atoms with van der Waals surface area (Å²) in [5, 5.41) is 6.37. The molecule has 2 N–H and O–H groups in total. The SMILES string of the molecule is CCOC1CC(NC(=O)c2ccc3c(c2)CCN3)C1. The molecule has 2 aliphatic rings. The molecule has 3 rings (SSSR count). The van der Waals surface area contributed by atoms with E-state index >= 15 is 0 Å². The van der Waals surface area contributed by atoms with Crippen LogP contribution in [0.5, 0.6) is 0 Å². The van der Waals surface area contributed by atoms with Crippen molar-refractivity contribution < 1.29 is 9.53 Å². The van der Waals surface area contributed by atoms with E-state index in [-0.39, 0.29) is 11.9 Å². The molecule has 4 heteroatoms. The van der Waals surface area contributed by atoms with Gasteiger partial charge in [-0.15, -0.1) is 0 Å². The van der Waals surface area contributed by atoms with Crippen LogP contribution in [0.2, 0.25) is 0 Å². The Morgan fingerprint density at radius 2 is 2.32 bits per heavy atom. The van der Waals surface area contributed by atoms with Gasteiger partial charge >= 0.3 is 0 Å². The van der Waals surface area contributed by atoms with Gasteiger partial charge in [-0.1, -0.05) is 0 Å². The van der Waals surface area contributed by atoms with E-state index in [4.69, 9.17) is 4.74 Å². The van der Waals surface area contributed by atoms with Crippen LogP contribution in [0, 0.1) is 0 Å². The predicted octanol–water partition coefficient (Wildman–Crippen LogP) is 1.95. The molecule has 4 nitrogen and oxygen atoms in total. The molecule has 0 bridgehead atoms. The van der Waals surface area contributed by atoms with Crippen molar-refractivity contribution in [2.75, 3.05) is 18.5 Å². The molecule has 1 fully saturated rings. The van der Waals surface area contributed by atoms with Crippen molar-refractivity contribution >= 4 is 11.6 Å². The normalized spacial score (nSPS) is 24.3. The highest BCUT2D eigenvalue weighted by Crippen LogP contribution is 2.25. The van der Waals surface area contributed by atoms with E-state index in [9.17, 15) is 4.79 Å². The Kier molecular flexibility index (Phi) is 3.42. The van der Waals surface area contributed by atoms with Crippen molar-refractivity contribution in [1.29, 1.82) is 0 Å². The maximum atomic E-state index is 12.1. The average molecular weight is 260 g/mol. The van der Waals surface area contributed by atoms with Gasteiger partial charge in [0.05, 0.1) is 6.10 Å². The van der Waals surface area contributed by atoms with Crippen LogP contribution in [0.15, 0.2) is 18.2 Å². The lowest BCUT2D eigenvalue weighted by Gasteiger charge is -2.35. The minimum absolute atomic E-state index is 0.0367. The predicted molar refractivity (Wildman–Crippen MR) is 74.5 cm³/mol. The monoisotopic (exact) mass is 260 g/mol. The number of hydrogen-bond acceptors (Lipinski definition) is 3. The maximum absolute atomic E-state index is 12.1. The summed E-state index contributed by atoms with van der Waals surface area (Å²) in [6.07, 6.45) is 3.21. The van der Waals surface area contributed by atoms with E-state index in [1.54, 1.807) is 0 Å². The van der Waals surface area contributed by atoms with Crippen molar-refractivity contribution in [3.05, 3.63) is 29.3 Å². The summed E-state index contributed by atoms with van der Waals surface area (Å²) >= 11 is 0. The van der Waals surface area contributed by atoms with E-state index in [2.05, 4.69) is 10.6 Å². The van der Waals surface area contributed by atoms with Crippen molar-refractivity contribution in [2.24, 2.45) is 0 Å². The summed E-state index contributed by atoms with van der Waals surface area (Å²) in [5.74, 6) is 0.0367. The molecule has 1 heterocycles. The molecule has 19 heavy (non-hydrogen) atoms. The van der Waals surface area contributed by atoms with Crippen molar-refractivity contribution in [1.82, 2.24) is 5.32 Å². The highest BCUT2D eigenvalue weighted by atomic mass is 16.5. The summed E-state index contributed by atoms with van der Waals surface area (Å²) in [7, 11) is 0. The second-order valence-corrected chi connectivity index (χ2v) is 5.27. The average Bonchev–Trinajstić information content (AvgIpc) is 2.83. The molecular formula is C15H20N2O2. The molecule has 102 valence electrons. The molecule has 1 saturated carbocycles. The minimum atomic E-state index is 0.0367. The molecule has 1 aromatic carbocycles. The first-order chi connectivity index (χ1) is 9.26. The van der Waals surface area contributed by atoms with Crippen LogP contribution in [-0.2, 0) is 11.2 Å². The zero-order chi connectivity index (χ0) is 13.2. The Labute approximate surface area is 113 Å². The van der Waals surface area contributed by atoms with Crippen LogP contribution in [0.3, 0.4) is 0 Å². The molecule has 0 spiro atoms. The topological polar surface area (TPSA) is 50.4 Å². The Balaban J connectivity index is 1.56. The van der Waals surface area contributed by atoms with Crippen molar-refractivity contribution in [3.63, 3.8) is 0 Å². The molecule has 0 radical (unpaired) electrons. The number of hydrogen-bond donors (Lipinski definition) is 2. The number of ether oxygens (including phenoxy) is 1. The number of fused-ring (bicyclic) bond motifs is 1. The van der Waals surface area contributed by atoms with E-state index in [1.165, 1.54) is 5.56 Å². The van der Waals surface area contributed by atoms with Crippen LogP contribution in [0.25, 0.3) is 0 Å². The third-order valence-electron chi connectivity index (χ3n) is 3.91. The first-order valence-electron chi connectivity index (χ1n) is 7.05. The number of carbonyl (C=O) groups is 1. The lowest BCUT2D eigenvalue weighted by Crippen LogP contribution is -2.47. The maximum Gasteiger partial charge on any atom is 0.251 e. The Bertz CT molecular complexity index is 481. The summed E-state index contributed by atoms with van der Waals surface area (Å²) < 4.78 is 5.50. The largest absolute Gasteiger partial charge is 0.384 e. The number of carbonyl (C=O) groups excluding carboxylic acids is 1. The standard InChI is InChI=1S/C15H20N2O2/c1-2-19-13-8-12(9-13)17-15(18)11-3-4-14-10(7-11)5-6-16-14/h3-4,7,12-13,16H,2,5-6,8-9H2,1H3,(H,17,18). The molecule has 0 saturated heterocycles. The highest BCUT2D eigenvalue weighted by molar-refractivity contribution is 5.95.